The smallest absolute Gasteiger partial charge is 0.157 e. The average Bonchev–Trinajstić information content (AvgIpc) is 4.12. The highest BCUT2D eigenvalue weighted by Crippen LogP contribution is 2.37. The summed E-state index contributed by atoms with van der Waals surface area (Å²) < 4.78 is 0. The molecule has 9 heterocycles. The summed E-state index contributed by atoms with van der Waals surface area (Å²) in [5.74, 6) is 3.18. The zero-order chi connectivity index (χ0) is 44.8. The number of likely N-dealkylation sites (N-methyl/N-ethyl adjacent to an activating group) is 1. The SMILES string of the molecule is CN1CCN(c2cncc3[nH]c(C4=CCN(c5cc6nc(C7=NCCc8ccc(-c9cncc(N)c9)cc87)[nH]c6cn5)Cc5ccc(-c6cncc(CNCC7CCCC7)c6)cc54)nc23)CC1. The Morgan fingerprint density at radius 2 is 1.49 bits per heavy atom. The van der Waals surface area contributed by atoms with Crippen molar-refractivity contribution in [2.75, 3.05) is 68.4 Å². The second-order valence-electron chi connectivity index (χ2n) is 18.7. The van der Waals surface area contributed by atoms with Gasteiger partial charge in [0, 0.05) is 105 Å². The predicted octanol–water partition coefficient (Wildman–Crippen LogP) is 7.81. The predicted molar refractivity (Wildman–Crippen MR) is 267 cm³/mol. The minimum absolute atomic E-state index is 0.612. The van der Waals surface area contributed by atoms with Gasteiger partial charge in [-0.25, -0.2) is 15.0 Å². The molecule has 12 rings (SSSR count). The van der Waals surface area contributed by atoms with Crippen LogP contribution in [0.1, 0.15) is 65.1 Å². The van der Waals surface area contributed by atoms with Crippen LogP contribution in [-0.2, 0) is 19.5 Å². The number of pyridine rings is 4. The zero-order valence-corrected chi connectivity index (χ0v) is 37.8. The molecule has 14 nitrogen and oxygen atoms in total. The highest BCUT2D eigenvalue weighted by atomic mass is 15.3. The van der Waals surface area contributed by atoms with E-state index in [2.05, 4.69) is 102 Å². The number of nitrogen functional groups attached to an aromatic ring is 1. The number of hydrogen-bond donors (Lipinski definition) is 4. The molecule has 6 aromatic heterocycles. The molecule has 3 aliphatic heterocycles. The van der Waals surface area contributed by atoms with Gasteiger partial charge in [0.1, 0.15) is 22.9 Å². The largest absolute Gasteiger partial charge is 0.397 e. The molecule has 14 heteroatoms. The number of aromatic nitrogens is 8. The Bertz CT molecular complexity index is 3200. The number of benzene rings is 2. The number of anilines is 3. The minimum Gasteiger partial charge on any atom is -0.397 e. The third-order valence-electron chi connectivity index (χ3n) is 14.1. The number of nitrogens with zero attached hydrogens (tertiary/aromatic N) is 10. The van der Waals surface area contributed by atoms with E-state index in [0.29, 0.717) is 25.3 Å². The Hall–Kier alpha value is -7.29. The van der Waals surface area contributed by atoms with Gasteiger partial charge in [-0.3, -0.25) is 19.9 Å². The van der Waals surface area contributed by atoms with Crippen molar-refractivity contribution in [2.24, 2.45) is 10.9 Å². The Kier molecular flexibility index (Phi) is 10.8. The number of nitrogens with two attached hydrogens (primary N) is 1. The van der Waals surface area contributed by atoms with Crippen molar-refractivity contribution < 1.29 is 0 Å². The van der Waals surface area contributed by atoms with Crippen LogP contribution in [0.3, 0.4) is 0 Å². The second-order valence-corrected chi connectivity index (χ2v) is 18.7. The molecule has 0 amide bonds. The van der Waals surface area contributed by atoms with Gasteiger partial charge < -0.3 is 35.7 Å². The molecule has 0 radical (unpaired) electrons. The van der Waals surface area contributed by atoms with Crippen LogP contribution in [0.25, 0.3) is 49.9 Å². The average molecular weight is 887 g/mol. The Morgan fingerprint density at radius 1 is 0.716 bits per heavy atom. The fourth-order valence-electron chi connectivity index (χ4n) is 10.4. The molecule has 2 fully saturated rings. The quantitative estimate of drug-likeness (QED) is 0.106. The first kappa shape index (κ1) is 41.2. The summed E-state index contributed by atoms with van der Waals surface area (Å²) in [5.41, 5.74) is 23.3. The molecule has 0 spiro atoms. The van der Waals surface area contributed by atoms with E-state index >= 15 is 0 Å². The van der Waals surface area contributed by atoms with Crippen LogP contribution in [0.15, 0.2) is 109 Å². The van der Waals surface area contributed by atoms with Crippen molar-refractivity contribution >= 4 is 50.5 Å². The van der Waals surface area contributed by atoms with Crippen LogP contribution < -0.4 is 20.9 Å². The molecule has 5 N–H and O–H groups in total. The summed E-state index contributed by atoms with van der Waals surface area (Å²) in [6.07, 6.45) is 21.8. The molecule has 1 aliphatic carbocycles. The zero-order valence-electron chi connectivity index (χ0n) is 37.8. The maximum absolute atomic E-state index is 6.11. The van der Waals surface area contributed by atoms with Gasteiger partial charge in [0.2, 0.25) is 0 Å². The number of fused-ring (bicyclic) bond motifs is 4. The lowest BCUT2D eigenvalue weighted by atomic mass is 9.93. The van der Waals surface area contributed by atoms with Crippen LogP contribution in [-0.4, -0.2) is 103 Å². The highest BCUT2D eigenvalue weighted by molar-refractivity contribution is 6.13. The molecular formula is C53H54N14. The molecule has 0 bridgehead atoms. The second kappa shape index (κ2) is 17.5. The molecule has 0 unspecified atom stereocenters. The van der Waals surface area contributed by atoms with Crippen molar-refractivity contribution in [2.45, 2.75) is 45.2 Å². The van der Waals surface area contributed by atoms with Gasteiger partial charge in [0.05, 0.1) is 46.5 Å². The molecule has 2 aromatic carbocycles. The first-order valence-corrected chi connectivity index (χ1v) is 23.7. The fourth-order valence-corrected chi connectivity index (χ4v) is 10.4. The first-order chi connectivity index (χ1) is 33.0. The number of piperazine rings is 1. The Morgan fingerprint density at radius 3 is 2.34 bits per heavy atom. The first-order valence-electron chi connectivity index (χ1n) is 23.7. The molecule has 0 atom stereocenters. The lowest BCUT2D eigenvalue weighted by molar-refractivity contribution is 0.313. The van der Waals surface area contributed by atoms with Crippen LogP contribution in [0.4, 0.5) is 17.2 Å². The van der Waals surface area contributed by atoms with Crippen molar-refractivity contribution in [3.05, 3.63) is 144 Å². The number of rotatable bonds is 10. The number of aliphatic imine (C=N–C) groups is 1. The summed E-state index contributed by atoms with van der Waals surface area (Å²) in [6, 6.07) is 19.6. The van der Waals surface area contributed by atoms with E-state index in [9.17, 15) is 0 Å². The van der Waals surface area contributed by atoms with Gasteiger partial charge in [-0.15, -0.1) is 0 Å². The maximum atomic E-state index is 6.11. The summed E-state index contributed by atoms with van der Waals surface area (Å²) in [7, 11) is 2.18. The van der Waals surface area contributed by atoms with Crippen LogP contribution in [0.2, 0.25) is 0 Å². The lowest BCUT2D eigenvalue weighted by Gasteiger charge is -2.33. The Balaban J connectivity index is 0.883. The number of nitrogens with one attached hydrogen (secondary N) is 3. The van der Waals surface area contributed by atoms with Gasteiger partial charge in [-0.1, -0.05) is 43.2 Å². The molecule has 336 valence electrons. The summed E-state index contributed by atoms with van der Waals surface area (Å²) in [6.45, 7) is 7.71. The number of aromatic amines is 2. The summed E-state index contributed by atoms with van der Waals surface area (Å²) in [4.78, 5) is 48.7. The lowest BCUT2D eigenvalue weighted by Crippen LogP contribution is -2.44. The van der Waals surface area contributed by atoms with E-state index in [0.717, 1.165) is 141 Å². The van der Waals surface area contributed by atoms with E-state index in [1.54, 1.807) is 6.20 Å². The van der Waals surface area contributed by atoms with Gasteiger partial charge in [0.15, 0.2) is 5.82 Å². The minimum atomic E-state index is 0.612. The Labute approximate surface area is 389 Å². The van der Waals surface area contributed by atoms with E-state index in [1.165, 1.54) is 42.4 Å². The van der Waals surface area contributed by atoms with Gasteiger partial charge >= 0.3 is 0 Å². The summed E-state index contributed by atoms with van der Waals surface area (Å²) in [5, 5.41) is 3.71. The van der Waals surface area contributed by atoms with E-state index in [-0.39, 0.29) is 0 Å². The molecular weight excluding hydrogens is 833 g/mol. The van der Waals surface area contributed by atoms with Crippen molar-refractivity contribution in [3.8, 4) is 22.3 Å². The van der Waals surface area contributed by atoms with Crippen LogP contribution in [0.5, 0.6) is 0 Å². The van der Waals surface area contributed by atoms with Crippen molar-refractivity contribution in [3.63, 3.8) is 0 Å². The molecule has 67 heavy (non-hydrogen) atoms. The highest BCUT2D eigenvalue weighted by Gasteiger charge is 2.26. The third kappa shape index (κ3) is 8.20. The van der Waals surface area contributed by atoms with Crippen molar-refractivity contribution in [1.82, 2.24) is 50.1 Å². The van der Waals surface area contributed by atoms with Crippen LogP contribution in [0, 0.1) is 5.92 Å². The van der Waals surface area contributed by atoms with Gasteiger partial charge in [0.25, 0.3) is 0 Å². The molecule has 1 saturated heterocycles. The van der Waals surface area contributed by atoms with E-state index in [4.69, 9.17) is 30.7 Å². The maximum Gasteiger partial charge on any atom is 0.157 e. The van der Waals surface area contributed by atoms with E-state index in [1.807, 2.05) is 43.2 Å². The summed E-state index contributed by atoms with van der Waals surface area (Å²) >= 11 is 0. The molecule has 8 aromatic rings. The fraction of sp³-hybridized carbons (Fsp3) is 0.302. The molecule has 4 aliphatic rings. The normalized spacial score (nSPS) is 16.9. The van der Waals surface area contributed by atoms with E-state index < -0.39 is 0 Å². The van der Waals surface area contributed by atoms with Crippen LogP contribution >= 0.6 is 0 Å². The molecule has 1 saturated carbocycles. The topological polar surface area (TPSA) is 169 Å². The standard InChI is InChI=1S/C53H54N14/c1-65-14-16-66(17-15-65)48-31-58-29-47-51(48)64-52(63-47)42-11-13-67(32-38-9-8-36(20-43(38)42)39-18-34(25-56-26-39)24-55-23-33-4-2-3-5-33)49-22-45-46(30-60-49)62-53(61-45)50-44-21-37(7-6-35(44)10-12-59-50)40-19-41(54)28-57-27-40/h6-9,11,18-22,25-31,33,55H,2-5,10,12-17,23-24,32,54H2,1H3,(H,61,62)(H,63,64). The third-order valence-corrected chi connectivity index (χ3v) is 14.1. The number of H-pyrrole nitrogens is 2. The monoisotopic (exact) mass is 886 g/mol. The number of hydrogen-bond acceptors (Lipinski definition) is 12. The van der Waals surface area contributed by atoms with Gasteiger partial charge in [-0.2, -0.15) is 0 Å². The number of imidazole rings is 2. The van der Waals surface area contributed by atoms with Gasteiger partial charge in [-0.05, 0) is 96.4 Å². The van der Waals surface area contributed by atoms with Crippen molar-refractivity contribution in [1.29, 1.82) is 0 Å².